The molecule has 3 rings (SSSR count). The molecule has 0 unspecified atom stereocenters. The van der Waals surface area contributed by atoms with E-state index in [-0.39, 0.29) is 17.7 Å². The van der Waals surface area contributed by atoms with Crippen molar-refractivity contribution in [2.45, 2.75) is 32.7 Å². The lowest BCUT2D eigenvalue weighted by atomic mass is 10.1. The van der Waals surface area contributed by atoms with Crippen molar-refractivity contribution in [3.63, 3.8) is 0 Å². The van der Waals surface area contributed by atoms with Gasteiger partial charge in [-0.05, 0) is 61.2 Å². The smallest absolute Gasteiger partial charge is 0.254 e. The molecule has 0 saturated heterocycles. The Morgan fingerprint density at radius 1 is 1.14 bits per heavy atom. The molecule has 154 valence electrons. The maximum atomic E-state index is 13.6. The molecule has 0 bridgehead atoms. The predicted molar refractivity (Wildman–Crippen MR) is 114 cm³/mol. The van der Waals surface area contributed by atoms with Crippen molar-refractivity contribution in [2.75, 3.05) is 30.9 Å². The van der Waals surface area contributed by atoms with Crippen LogP contribution in [0.15, 0.2) is 42.5 Å². The van der Waals surface area contributed by atoms with Crippen molar-refractivity contribution in [1.29, 1.82) is 0 Å². The molecule has 1 aliphatic carbocycles. The maximum absolute atomic E-state index is 13.6. The molecule has 0 aromatic heterocycles. The number of benzene rings is 2. The maximum Gasteiger partial charge on any atom is 0.254 e. The third-order valence-corrected chi connectivity index (χ3v) is 4.99. The fourth-order valence-electron chi connectivity index (χ4n) is 3.35. The van der Waals surface area contributed by atoms with Crippen molar-refractivity contribution >= 4 is 23.2 Å². The summed E-state index contributed by atoms with van der Waals surface area (Å²) in [7, 11) is 3.89. The van der Waals surface area contributed by atoms with Crippen LogP contribution in [-0.4, -0.2) is 37.4 Å². The molecule has 0 radical (unpaired) electrons. The van der Waals surface area contributed by atoms with Gasteiger partial charge in [-0.25, -0.2) is 4.39 Å². The van der Waals surface area contributed by atoms with Crippen LogP contribution in [0.5, 0.6) is 0 Å². The number of carbonyl (C=O) groups excluding carboxylic acids is 2. The summed E-state index contributed by atoms with van der Waals surface area (Å²) in [5.41, 5.74) is 2.98. The Balaban J connectivity index is 1.86. The molecule has 1 fully saturated rings. The number of anilines is 2. The normalized spacial score (nSPS) is 13.1. The molecule has 1 saturated carbocycles. The minimum atomic E-state index is -0.425. The van der Waals surface area contributed by atoms with E-state index >= 15 is 0 Å². The molecule has 0 aliphatic heterocycles. The van der Waals surface area contributed by atoms with Gasteiger partial charge >= 0.3 is 0 Å². The number of amides is 2. The van der Waals surface area contributed by atoms with Gasteiger partial charge < -0.3 is 15.1 Å². The molecular formula is C23H28FN3O2. The van der Waals surface area contributed by atoms with Crippen LogP contribution < -0.4 is 10.2 Å². The highest BCUT2D eigenvalue weighted by molar-refractivity contribution is 5.95. The van der Waals surface area contributed by atoms with E-state index in [0.29, 0.717) is 18.7 Å². The SMILES string of the molecule is CCCN(Cc1cc(NC(=O)C2CC2)ccc1N(C)C)C(=O)c1cccc(F)c1. The minimum Gasteiger partial charge on any atom is -0.377 e. The molecule has 0 atom stereocenters. The van der Waals surface area contributed by atoms with Crippen LogP contribution >= 0.6 is 0 Å². The van der Waals surface area contributed by atoms with E-state index < -0.39 is 5.82 Å². The molecule has 0 spiro atoms. The summed E-state index contributed by atoms with van der Waals surface area (Å²) in [6.45, 7) is 2.94. The first kappa shape index (κ1) is 20.8. The van der Waals surface area contributed by atoms with Crippen LogP contribution in [0, 0.1) is 11.7 Å². The molecule has 2 amide bonds. The topological polar surface area (TPSA) is 52.7 Å². The molecule has 29 heavy (non-hydrogen) atoms. The van der Waals surface area contributed by atoms with Crippen molar-refractivity contribution in [3.05, 3.63) is 59.4 Å². The summed E-state index contributed by atoms with van der Waals surface area (Å²) < 4.78 is 13.6. The summed E-state index contributed by atoms with van der Waals surface area (Å²) >= 11 is 0. The predicted octanol–water partition coefficient (Wildman–Crippen LogP) is 4.29. The zero-order valence-electron chi connectivity index (χ0n) is 17.2. The first-order chi connectivity index (χ1) is 13.9. The third-order valence-electron chi connectivity index (χ3n) is 4.99. The molecule has 2 aromatic rings. The molecule has 2 aromatic carbocycles. The Morgan fingerprint density at radius 2 is 1.90 bits per heavy atom. The van der Waals surface area contributed by atoms with Gasteiger partial charge in [0.25, 0.3) is 5.91 Å². The largest absolute Gasteiger partial charge is 0.377 e. The zero-order valence-corrected chi connectivity index (χ0v) is 17.2. The Labute approximate surface area is 171 Å². The summed E-state index contributed by atoms with van der Waals surface area (Å²) in [5.74, 6) is -0.456. The quantitative estimate of drug-likeness (QED) is 0.723. The van der Waals surface area contributed by atoms with Gasteiger partial charge in [0.05, 0.1) is 0 Å². The molecule has 5 nitrogen and oxygen atoms in total. The third kappa shape index (κ3) is 5.34. The lowest BCUT2D eigenvalue weighted by Crippen LogP contribution is -2.32. The van der Waals surface area contributed by atoms with Gasteiger partial charge in [0.2, 0.25) is 5.91 Å². The zero-order chi connectivity index (χ0) is 21.0. The number of hydrogen-bond donors (Lipinski definition) is 1. The Morgan fingerprint density at radius 3 is 2.52 bits per heavy atom. The molecule has 0 heterocycles. The van der Waals surface area contributed by atoms with Gasteiger partial charge in [-0.1, -0.05) is 13.0 Å². The summed E-state index contributed by atoms with van der Waals surface area (Å²) in [5, 5.41) is 2.97. The highest BCUT2D eigenvalue weighted by Gasteiger charge is 2.29. The molecule has 6 heteroatoms. The minimum absolute atomic E-state index is 0.0507. The van der Waals surface area contributed by atoms with E-state index in [1.54, 1.807) is 17.0 Å². The summed E-state index contributed by atoms with van der Waals surface area (Å²) in [6.07, 6.45) is 2.68. The Bertz CT molecular complexity index is 893. The summed E-state index contributed by atoms with van der Waals surface area (Å²) in [6, 6.07) is 11.5. The van der Waals surface area contributed by atoms with Gasteiger partial charge in [0.1, 0.15) is 5.82 Å². The van der Waals surface area contributed by atoms with Gasteiger partial charge in [0, 0.05) is 50.0 Å². The number of carbonyl (C=O) groups is 2. The van der Waals surface area contributed by atoms with Crippen LogP contribution in [0.3, 0.4) is 0 Å². The van der Waals surface area contributed by atoms with E-state index in [0.717, 1.165) is 36.2 Å². The van der Waals surface area contributed by atoms with E-state index in [1.165, 1.54) is 12.1 Å². The van der Waals surface area contributed by atoms with E-state index in [4.69, 9.17) is 0 Å². The van der Waals surface area contributed by atoms with Crippen LogP contribution in [0.1, 0.15) is 42.1 Å². The number of nitrogens with one attached hydrogen (secondary N) is 1. The van der Waals surface area contributed by atoms with Crippen molar-refractivity contribution in [2.24, 2.45) is 5.92 Å². The Hall–Kier alpha value is -2.89. The monoisotopic (exact) mass is 397 g/mol. The molecule has 1 aliphatic rings. The summed E-state index contributed by atoms with van der Waals surface area (Å²) in [4.78, 5) is 28.9. The number of nitrogens with zero attached hydrogens (tertiary/aromatic N) is 2. The van der Waals surface area contributed by atoms with Gasteiger partial charge in [-0.2, -0.15) is 0 Å². The van der Waals surface area contributed by atoms with Gasteiger partial charge in [-0.3, -0.25) is 9.59 Å². The molecular weight excluding hydrogens is 369 g/mol. The van der Waals surface area contributed by atoms with E-state index in [2.05, 4.69) is 5.32 Å². The highest BCUT2D eigenvalue weighted by Crippen LogP contribution is 2.31. The van der Waals surface area contributed by atoms with Crippen LogP contribution in [-0.2, 0) is 11.3 Å². The second kappa shape index (κ2) is 9.07. The van der Waals surface area contributed by atoms with Crippen LogP contribution in [0.4, 0.5) is 15.8 Å². The van der Waals surface area contributed by atoms with Crippen molar-refractivity contribution in [3.8, 4) is 0 Å². The fraction of sp³-hybridized carbons (Fsp3) is 0.391. The lowest BCUT2D eigenvalue weighted by Gasteiger charge is -2.26. The highest BCUT2D eigenvalue weighted by atomic mass is 19.1. The fourth-order valence-corrected chi connectivity index (χ4v) is 3.35. The molecule has 1 N–H and O–H groups in total. The van der Waals surface area contributed by atoms with Crippen molar-refractivity contribution in [1.82, 2.24) is 4.90 Å². The van der Waals surface area contributed by atoms with Gasteiger partial charge in [-0.15, -0.1) is 0 Å². The van der Waals surface area contributed by atoms with E-state index in [1.807, 2.05) is 44.1 Å². The van der Waals surface area contributed by atoms with Crippen LogP contribution in [0.25, 0.3) is 0 Å². The van der Waals surface area contributed by atoms with Gasteiger partial charge in [0.15, 0.2) is 0 Å². The average Bonchev–Trinajstić information content (AvgIpc) is 3.52. The number of hydrogen-bond acceptors (Lipinski definition) is 3. The Kier molecular flexibility index (Phi) is 6.52. The first-order valence-corrected chi connectivity index (χ1v) is 10.0. The number of rotatable bonds is 8. The standard InChI is InChI=1S/C23H28FN3O2/c1-4-12-27(23(29)17-6-5-7-19(24)13-17)15-18-14-20(10-11-21(18)26(2)3)25-22(28)16-8-9-16/h5-7,10-11,13-14,16H,4,8-9,12,15H2,1-3H3,(H,25,28). The average molecular weight is 397 g/mol. The lowest BCUT2D eigenvalue weighted by molar-refractivity contribution is -0.117. The van der Waals surface area contributed by atoms with E-state index in [9.17, 15) is 14.0 Å². The van der Waals surface area contributed by atoms with Crippen molar-refractivity contribution < 1.29 is 14.0 Å². The second-order valence-corrected chi connectivity index (χ2v) is 7.74. The van der Waals surface area contributed by atoms with Crippen LogP contribution in [0.2, 0.25) is 0 Å². The number of halogens is 1. The first-order valence-electron chi connectivity index (χ1n) is 10.0. The second-order valence-electron chi connectivity index (χ2n) is 7.74.